The van der Waals surface area contributed by atoms with Gasteiger partial charge in [-0.25, -0.2) is 0 Å². The lowest BCUT2D eigenvalue weighted by molar-refractivity contribution is 0.136. The van der Waals surface area contributed by atoms with Crippen LogP contribution in [0.3, 0.4) is 0 Å². The van der Waals surface area contributed by atoms with Gasteiger partial charge in [-0.1, -0.05) is 62.1 Å². The van der Waals surface area contributed by atoms with Crippen LogP contribution in [0.25, 0.3) is 0 Å². The molecule has 0 aliphatic carbocycles. The molecule has 0 heterocycles. The molecule has 2 aromatic rings. The zero-order valence-corrected chi connectivity index (χ0v) is 14.3. The van der Waals surface area contributed by atoms with E-state index in [1.807, 2.05) is 61.5 Å². The molecule has 112 valence electrons. The first-order valence-corrected chi connectivity index (χ1v) is 10.8. The summed E-state index contributed by atoms with van der Waals surface area (Å²) in [6.07, 6.45) is 0. The van der Waals surface area contributed by atoms with E-state index in [1.165, 1.54) is 0 Å². The Labute approximate surface area is 128 Å². The molecule has 0 aliphatic heterocycles. The lowest BCUT2D eigenvalue weighted by atomic mass is 10.1. The van der Waals surface area contributed by atoms with Crippen LogP contribution < -0.4 is 4.74 Å². The Morgan fingerprint density at radius 1 is 0.952 bits per heavy atom. The summed E-state index contributed by atoms with van der Waals surface area (Å²) in [4.78, 5) is 0. The molecule has 0 aliphatic rings. The minimum Gasteiger partial charge on any atom is -0.489 e. The van der Waals surface area contributed by atoms with Gasteiger partial charge in [-0.05, 0) is 30.2 Å². The van der Waals surface area contributed by atoms with Crippen molar-refractivity contribution in [3.05, 3.63) is 65.7 Å². The van der Waals surface area contributed by atoms with E-state index in [2.05, 4.69) is 19.6 Å². The van der Waals surface area contributed by atoms with E-state index in [-0.39, 0.29) is 0 Å². The van der Waals surface area contributed by atoms with Crippen LogP contribution in [0.5, 0.6) is 5.75 Å². The van der Waals surface area contributed by atoms with Crippen LogP contribution in [0.15, 0.2) is 54.6 Å². The first kappa shape index (κ1) is 15.8. The molecule has 1 N–H and O–H groups in total. The maximum Gasteiger partial charge on any atom is 0.119 e. The second-order valence-electron chi connectivity index (χ2n) is 6.62. The van der Waals surface area contributed by atoms with Crippen LogP contribution in [0.4, 0.5) is 0 Å². The van der Waals surface area contributed by atoms with Crippen molar-refractivity contribution in [3.8, 4) is 5.75 Å². The zero-order chi connectivity index (χ0) is 15.5. The topological polar surface area (TPSA) is 29.5 Å². The molecule has 3 heteroatoms. The molecule has 1 unspecified atom stereocenters. The summed E-state index contributed by atoms with van der Waals surface area (Å²) in [5.41, 5.74) is 2.12. The maximum absolute atomic E-state index is 10.7. The molecule has 0 fully saturated rings. The molecule has 0 amide bonds. The molecule has 0 radical (unpaired) electrons. The Morgan fingerprint density at radius 3 is 2.05 bits per heavy atom. The van der Waals surface area contributed by atoms with Gasteiger partial charge in [0.25, 0.3) is 0 Å². The number of hydrogen-bond donors (Lipinski definition) is 1. The van der Waals surface area contributed by atoms with E-state index < -0.39 is 13.3 Å². The Kier molecular flexibility index (Phi) is 4.54. The van der Waals surface area contributed by atoms with Gasteiger partial charge in [0.15, 0.2) is 0 Å². The van der Waals surface area contributed by atoms with Gasteiger partial charge >= 0.3 is 0 Å². The molecular weight excluding hydrogens is 276 g/mol. The van der Waals surface area contributed by atoms with E-state index in [0.29, 0.717) is 6.61 Å². The largest absolute Gasteiger partial charge is 0.489 e. The number of aliphatic hydroxyl groups is 1. The highest BCUT2D eigenvalue weighted by Gasteiger charge is 2.38. The standard InChI is InChI=1S/C18H24O2Si/c1-18(19,21(2,3)4)16-10-12-17(13-11-16)20-14-15-8-6-5-7-9-15/h5-13,19H,14H2,1-4H3. The van der Waals surface area contributed by atoms with E-state index in [4.69, 9.17) is 4.74 Å². The van der Waals surface area contributed by atoms with E-state index in [9.17, 15) is 5.11 Å². The second kappa shape index (κ2) is 6.04. The summed E-state index contributed by atoms with van der Waals surface area (Å²) in [7, 11) is -1.70. The fourth-order valence-electron chi connectivity index (χ4n) is 2.05. The summed E-state index contributed by atoms with van der Waals surface area (Å²) in [5.74, 6) is 0.828. The number of rotatable bonds is 5. The second-order valence-corrected chi connectivity index (χ2v) is 12.1. The number of ether oxygens (including phenoxy) is 1. The van der Waals surface area contributed by atoms with Crippen LogP contribution in [0.1, 0.15) is 18.1 Å². The summed E-state index contributed by atoms with van der Waals surface area (Å²) in [5, 5.41) is 10.0. The highest BCUT2D eigenvalue weighted by Crippen LogP contribution is 2.32. The van der Waals surface area contributed by atoms with E-state index in [1.54, 1.807) is 0 Å². The van der Waals surface area contributed by atoms with Gasteiger partial charge in [0.05, 0.1) is 13.3 Å². The third kappa shape index (κ3) is 3.74. The zero-order valence-electron chi connectivity index (χ0n) is 13.3. The SMILES string of the molecule is CC(O)(c1ccc(OCc2ccccc2)cc1)[Si](C)(C)C. The number of benzene rings is 2. The molecule has 21 heavy (non-hydrogen) atoms. The predicted molar refractivity (Wildman–Crippen MR) is 90.1 cm³/mol. The van der Waals surface area contributed by atoms with Crippen molar-refractivity contribution in [1.29, 1.82) is 0 Å². The van der Waals surface area contributed by atoms with Crippen molar-refractivity contribution in [1.82, 2.24) is 0 Å². The summed E-state index contributed by atoms with van der Waals surface area (Å²) >= 11 is 0. The Bertz CT molecular complexity index is 568. The van der Waals surface area contributed by atoms with Crippen molar-refractivity contribution >= 4 is 8.07 Å². The van der Waals surface area contributed by atoms with Gasteiger partial charge in [-0.3, -0.25) is 0 Å². The van der Waals surface area contributed by atoms with Crippen molar-refractivity contribution < 1.29 is 9.84 Å². The molecule has 0 saturated carbocycles. The highest BCUT2D eigenvalue weighted by atomic mass is 28.3. The fraction of sp³-hybridized carbons (Fsp3) is 0.333. The molecular formula is C18H24O2Si. The maximum atomic E-state index is 10.7. The van der Waals surface area contributed by atoms with Crippen LogP contribution >= 0.6 is 0 Å². The molecule has 2 aromatic carbocycles. The fourth-order valence-corrected chi connectivity index (χ4v) is 3.08. The van der Waals surface area contributed by atoms with Gasteiger partial charge in [-0.2, -0.15) is 0 Å². The first-order chi connectivity index (χ1) is 9.80. The summed E-state index contributed by atoms with van der Waals surface area (Å²) in [6, 6.07) is 17.9. The quantitative estimate of drug-likeness (QED) is 0.832. The number of hydrogen-bond acceptors (Lipinski definition) is 2. The summed E-state index contributed by atoms with van der Waals surface area (Å²) < 4.78 is 5.78. The molecule has 1 atom stereocenters. The third-order valence-electron chi connectivity index (χ3n) is 4.13. The highest BCUT2D eigenvalue weighted by molar-refractivity contribution is 6.78. The van der Waals surface area contributed by atoms with Crippen molar-refractivity contribution in [2.24, 2.45) is 0 Å². The van der Waals surface area contributed by atoms with Crippen molar-refractivity contribution in [3.63, 3.8) is 0 Å². The average Bonchev–Trinajstić information content (AvgIpc) is 2.45. The molecule has 0 aromatic heterocycles. The van der Waals surface area contributed by atoms with Gasteiger partial charge in [0.1, 0.15) is 12.4 Å². The Balaban J connectivity index is 2.06. The van der Waals surface area contributed by atoms with Gasteiger partial charge in [-0.15, -0.1) is 0 Å². The van der Waals surface area contributed by atoms with Crippen molar-refractivity contribution in [2.75, 3.05) is 0 Å². The smallest absolute Gasteiger partial charge is 0.119 e. The lowest BCUT2D eigenvalue weighted by Crippen LogP contribution is -2.47. The van der Waals surface area contributed by atoms with Crippen LogP contribution in [-0.4, -0.2) is 13.2 Å². The average molecular weight is 300 g/mol. The van der Waals surface area contributed by atoms with E-state index in [0.717, 1.165) is 16.9 Å². The van der Waals surface area contributed by atoms with E-state index >= 15 is 0 Å². The molecule has 2 rings (SSSR count). The van der Waals surface area contributed by atoms with Gasteiger partial charge in [0.2, 0.25) is 0 Å². The summed E-state index contributed by atoms with van der Waals surface area (Å²) in [6.45, 7) is 9.00. The lowest BCUT2D eigenvalue weighted by Gasteiger charge is -2.36. The minimum absolute atomic E-state index is 0.560. The Hall–Kier alpha value is -1.58. The monoisotopic (exact) mass is 300 g/mol. The Morgan fingerprint density at radius 2 is 1.52 bits per heavy atom. The van der Waals surface area contributed by atoms with Crippen LogP contribution in [0.2, 0.25) is 19.6 Å². The van der Waals surface area contributed by atoms with Gasteiger partial charge < -0.3 is 9.84 Å². The molecule has 0 bridgehead atoms. The molecule has 0 spiro atoms. The minimum atomic E-state index is -1.70. The first-order valence-electron chi connectivity index (χ1n) is 7.30. The van der Waals surface area contributed by atoms with Crippen LogP contribution in [0, 0.1) is 0 Å². The van der Waals surface area contributed by atoms with Gasteiger partial charge in [0, 0.05) is 0 Å². The molecule has 2 nitrogen and oxygen atoms in total. The molecule has 0 saturated heterocycles. The predicted octanol–water partition coefficient (Wildman–Crippen LogP) is 4.35. The van der Waals surface area contributed by atoms with Crippen LogP contribution in [-0.2, 0) is 11.8 Å². The third-order valence-corrected chi connectivity index (χ3v) is 7.33. The normalized spacial score (nSPS) is 14.5. The van der Waals surface area contributed by atoms with Crippen molar-refractivity contribution in [2.45, 2.75) is 38.4 Å².